The highest BCUT2D eigenvalue weighted by Gasteiger charge is 2.12. The van der Waals surface area contributed by atoms with Crippen LogP contribution in [0.25, 0.3) is 0 Å². The van der Waals surface area contributed by atoms with E-state index in [1.807, 2.05) is 43.3 Å². The lowest BCUT2D eigenvalue weighted by Gasteiger charge is -2.14. The molecule has 144 valence electrons. The van der Waals surface area contributed by atoms with Gasteiger partial charge in [0.05, 0.1) is 18.2 Å². The summed E-state index contributed by atoms with van der Waals surface area (Å²) in [6, 6.07) is 14.4. The second kappa shape index (κ2) is 10.3. The van der Waals surface area contributed by atoms with Gasteiger partial charge in [-0.15, -0.1) is 0 Å². The number of hydrogen-bond acceptors (Lipinski definition) is 5. The van der Waals surface area contributed by atoms with Crippen LogP contribution in [0.15, 0.2) is 48.5 Å². The molecular weight excluding hydrogens is 344 g/mol. The minimum atomic E-state index is -0.360. The molecule has 0 fully saturated rings. The summed E-state index contributed by atoms with van der Waals surface area (Å²) in [6.07, 6.45) is 0.664. The molecule has 6 heteroatoms. The average Bonchev–Trinajstić information content (AvgIpc) is 2.68. The van der Waals surface area contributed by atoms with E-state index >= 15 is 0 Å². The zero-order valence-electron chi connectivity index (χ0n) is 16.0. The molecule has 0 radical (unpaired) electrons. The highest BCUT2D eigenvalue weighted by Crippen LogP contribution is 2.17. The summed E-state index contributed by atoms with van der Waals surface area (Å²) in [5.41, 5.74) is 2.06. The second-order valence-electron chi connectivity index (χ2n) is 6.34. The predicted octanol–water partition coefficient (Wildman–Crippen LogP) is 2.39. The first-order valence-electron chi connectivity index (χ1n) is 8.83. The van der Waals surface area contributed by atoms with Gasteiger partial charge in [-0.2, -0.15) is 0 Å². The molecule has 0 saturated heterocycles. The molecule has 1 amide bonds. The molecule has 0 unspecified atom stereocenters. The molecule has 0 aliphatic rings. The summed E-state index contributed by atoms with van der Waals surface area (Å²) in [4.78, 5) is 25.9. The number of hydrogen-bond donors (Lipinski definition) is 1. The molecule has 27 heavy (non-hydrogen) atoms. The van der Waals surface area contributed by atoms with Crippen molar-refractivity contribution in [1.82, 2.24) is 10.2 Å². The highest BCUT2D eigenvalue weighted by atomic mass is 16.5. The van der Waals surface area contributed by atoms with E-state index < -0.39 is 0 Å². The summed E-state index contributed by atoms with van der Waals surface area (Å²) in [5.74, 6) is 0.0571. The van der Waals surface area contributed by atoms with Gasteiger partial charge in [0.2, 0.25) is 0 Å². The molecule has 0 heterocycles. The van der Waals surface area contributed by atoms with Crippen molar-refractivity contribution in [3.8, 4) is 5.75 Å². The number of esters is 1. The van der Waals surface area contributed by atoms with Gasteiger partial charge in [-0.3, -0.25) is 4.79 Å². The third kappa shape index (κ3) is 6.42. The zero-order valence-corrected chi connectivity index (χ0v) is 16.0. The van der Waals surface area contributed by atoms with E-state index in [0.717, 1.165) is 12.1 Å². The molecule has 2 aromatic carbocycles. The van der Waals surface area contributed by atoms with E-state index in [1.54, 1.807) is 24.3 Å². The van der Waals surface area contributed by atoms with Crippen molar-refractivity contribution < 1.29 is 19.1 Å². The fourth-order valence-corrected chi connectivity index (χ4v) is 2.46. The van der Waals surface area contributed by atoms with Crippen LogP contribution in [0.4, 0.5) is 0 Å². The number of benzene rings is 2. The van der Waals surface area contributed by atoms with Gasteiger partial charge in [-0.25, -0.2) is 4.79 Å². The Bertz CT molecular complexity index is 757. The molecule has 0 saturated carbocycles. The molecule has 2 rings (SSSR count). The van der Waals surface area contributed by atoms with Crippen LogP contribution in [0, 0.1) is 0 Å². The van der Waals surface area contributed by atoms with Crippen LogP contribution in [-0.2, 0) is 11.2 Å². The topological polar surface area (TPSA) is 67.9 Å². The van der Waals surface area contributed by atoms with Gasteiger partial charge in [-0.05, 0) is 50.3 Å². The number of nitrogens with one attached hydrogen (secondary N) is 1. The summed E-state index contributed by atoms with van der Waals surface area (Å²) < 4.78 is 10.4. The van der Waals surface area contributed by atoms with Gasteiger partial charge in [0.25, 0.3) is 5.91 Å². The number of nitrogens with zero attached hydrogens (tertiary/aromatic N) is 1. The summed E-state index contributed by atoms with van der Waals surface area (Å²) in [6.45, 7) is 1.78. The molecule has 2 aromatic rings. The monoisotopic (exact) mass is 370 g/mol. The van der Waals surface area contributed by atoms with Gasteiger partial charge < -0.3 is 19.7 Å². The van der Waals surface area contributed by atoms with E-state index in [1.165, 1.54) is 7.11 Å². The van der Waals surface area contributed by atoms with Gasteiger partial charge in [-0.1, -0.05) is 24.3 Å². The van der Waals surface area contributed by atoms with Crippen LogP contribution < -0.4 is 10.1 Å². The second-order valence-corrected chi connectivity index (χ2v) is 6.34. The normalized spacial score (nSPS) is 10.5. The van der Waals surface area contributed by atoms with E-state index in [-0.39, 0.29) is 11.9 Å². The van der Waals surface area contributed by atoms with E-state index in [0.29, 0.717) is 36.4 Å². The Morgan fingerprint density at radius 3 is 2.41 bits per heavy atom. The Kier molecular flexibility index (Phi) is 7.82. The molecule has 1 N–H and O–H groups in total. The third-order valence-electron chi connectivity index (χ3n) is 4.00. The van der Waals surface area contributed by atoms with Gasteiger partial charge >= 0.3 is 5.97 Å². The highest BCUT2D eigenvalue weighted by molar-refractivity contribution is 5.96. The molecule has 0 bridgehead atoms. The fourth-order valence-electron chi connectivity index (χ4n) is 2.46. The number of methoxy groups -OCH3 is 1. The number of carbonyl (C=O) groups is 2. The van der Waals surface area contributed by atoms with Gasteiger partial charge in [0.1, 0.15) is 12.4 Å². The standard InChI is InChI=1S/C21H26N2O4/c1-23(2)14-15-27-19-7-5-4-6-18(19)20(24)22-13-12-16-8-10-17(11-9-16)21(25)26-3/h4-11H,12-15H2,1-3H3,(H,22,24). The quantitative estimate of drug-likeness (QED) is 0.687. The maximum absolute atomic E-state index is 12.5. The molecule has 0 spiro atoms. The molecular formula is C21H26N2O4. The SMILES string of the molecule is COC(=O)c1ccc(CCNC(=O)c2ccccc2OCCN(C)C)cc1. The Labute approximate surface area is 160 Å². The average molecular weight is 370 g/mol. The lowest BCUT2D eigenvalue weighted by atomic mass is 10.1. The number of likely N-dealkylation sites (N-methyl/N-ethyl adjacent to an activating group) is 1. The van der Waals surface area contributed by atoms with Crippen molar-refractivity contribution >= 4 is 11.9 Å². The Balaban J connectivity index is 1.87. The zero-order chi connectivity index (χ0) is 19.6. The van der Waals surface area contributed by atoms with Crippen molar-refractivity contribution in [2.45, 2.75) is 6.42 Å². The predicted molar refractivity (Wildman–Crippen MR) is 104 cm³/mol. The van der Waals surface area contributed by atoms with Gasteiger partial charge in [0.15, 0.2) is 0 Å². The summed E-state index contributed by atoms with van der Waals surface area (Å²) >= 11 is 0. The number of rotatable bonds is 9. The van der Waals surface area contributed by atoms with Crippen molar-refractivity contribution in [3.05, 3.63) is 65.2 Å². The molecule has 0 aromatic heterocycles. The van der Waals surface area contributed by atoms with Crippen LogP contribution >= 0.6 is 0 Å². The van der Waals surface area contributed by atoms with Crippen molar-refractivity contribution in [2.24, 2.45) is 0 Å². The lowest BCUT2D eigenvalue weighted by molar-refractivity contribution is 0.0600. The minimum absolute atomic E-state index is 0.165. The van der Waals surface area contributed by atoms with E-state index in [4.69, 9.17) is 4.74 Å². The minimum Gasteiger partial charge on any atom is -0.491 e. The fraction of sp³-hybridized carbons (Fsp3) is 0.333. The first kappa shape index (κ1) is 20.5. The number of para-hydroxylation sites is 1. The molecule has 6 nitrogen and oxygen atoms in total. The largest absolute Gasteiger partial charge is 0.491 e. The van der Waals surface area contributed by atoms with Crippen LogP contribution in [0.2, 0.25) is 0 Å². The van der Waals surface area contributed by atoms with Crippen LogP contribution in [0.3, 0.4) is 0 Å². The van der Waals surface area contributed by atoms with Crippen molar-refractivity contribution in [1.29, 1.82) is 0 Å². The Morgan fingerprint density at radius 1 is 1.04 bits per heavy atom. The first-order chi connectivity index (χ1) is 13.0. The Hall–Kier alpha value is -2.86. The van der Waals surface area contributed by atoms with Crippen LogP contribution in [0.5, 0.6) is 5.75 Å². The Morgan fingerprint density at radius 2 is 1.74 bits per heavy atom. The molecule has 0 atom stereocenters. The smallest absolute Gasteiger partial charge is 0.337 e. The van der Waals surface area contributed by atoms with Gasteiger partial charge in [0, 0.05) is 13.1 Å². The van der Waals surface area contributed by atoms with E-state index in [2.05, 4.69) is 10.1 Å². The maximum Gasteiger partial charge on any atom is 0.337 e. The van der Waals surface area contributed by atoms with Crippen LogP contribution in [0.1, 0.15) is 26.3 Å². The first-order valence-corrected chi connectivity index (χ1v) is 8.83. The summed E-state index contributed by atoms with van der Waals surface area (Å²) in [5, 5.41) is 2.91. The third-order valence-corrected chi connectivity index (χ3v) is 4.00. The summed E-state index contributed by atoms with van der Waals surface area (Å²) in [7, 11) is 5.30. The lowest BCUT2D eigenvalue weighted by Crippen LogP contribution is -2.26. The van der Waals surface area contributed by atoms with Crippen molar-refractivity contribution in [2.75, 3.05) is 40.9 Å². The molecule has 0 aliphatic heterocycles. The number of carbonyl (C=O) groups excluding carboxylic acids is 2. The molecule has 0 aliphatic carbocycles. The van der Waals surface area contributed by atoms with Crippen molar-refractivity contribution in [3.63, 3.8) is 0 Å². The number of amides is 1. The van der Waals surface area contributed by atoms with Crippen LogP contribution in [-0.4, -0.2) is 57.7 Å². The van der Waals surface area contributed by atoms with E-state index in [9.17, 15) is 9.59 Å². The number of ether oxygens (including phenoxy) is 2. The maximum atomic E-state index is 12.5.